The summed E-state index contributed by atoms with van der Waals surface area (Å²) in [5.41, 5.74) is 6.45. The molecule has 1 N–H and O–H groups in total. The van der Waals surface area contributed by atoms with Gasteiger partial charge in [-0.15, -0.1) is 0 Å². The number of nitrogens with zero attached hydrogens (tertiary/aromatic N) is 1. The molecule has 1 heterocycles. The molecule has 26 heavy (non-hydrogen) atoms. The Morgan fingerprint density at radius 2 is 1.42 bits per heavy atom. The molecule has 1 aromatic heterocycles. The van der Waals surface area contributed by atoms with Gasteiger partial charge in [0.25, 0.3) is 0 Å². The van der Waals surface area contributed by atoms with E-state index in [1.165, 1.54) is 48.2 Å². The summed E-state index contributed by atoms with van der Waals surface area (Å²) in [7, 11) is 0. The molecule has 0 aliphatic heterocycles. The fraction of sp³-hybridized carbons (Fsp3) is 0.333. The summed E-state index contributed by atoms with van der Waals surface area (Å²) in [6, 6.07) is 20.9. The molecule has 0 aliphatic rings. The summed E-state index contributed by atoms with van der Waals surface area (Å²) >= 11 is 0. The minimum Gasteiger partial charge on any atom is -0.508 e. The van der Waals surface area contributed by atoms with Crippen LogP contribution in [-0.4, -0.2) is 9.67 Å². The number of rotatable bonds is 8. The van der Waals surface area contributed by atoms with Crippen molar-refractivity contribution in [3.05, 3.63) is 77.5 Å². The second-order valence-corrected chi connectivity index (χ2v) is 7.08. The number of unbranched alkanes of at least 4 members (excludes halogenated alkanes) is 2. The van der Waals surface area contributed by atoms with Gasteiger partial charge in [-0.2, -0.15) is 0 Å². The molecule has 2 nitrogen and oxygen atoms in total. The molecule has 0 saturated carbocycles. The summed E-state index contributed by atoms with van der Waals surface area (Å²) in [5, 5.41) is 9.51. The van der Waals surface area contributed by atoms with E-state index in [0.29, 0.717) is 5.75 Å². The van der Waals surface area contributed by atoms with Crippen molar-refractivity contribution in [3.63, 3.8) is 0 Å². The second-order valence-electron chi connectivity index (χ2n) is 7.08. The third-order valence-electron chi connectivity index (χ3n) is 5.08. The molecule has 0 atom stereocenters. The number of hydrogen-bond acceptors (Lipinski definition) is 1. The number of hydrogen-bond donors (Lipinski definition) is 1. The van der Waals surface area contributed by atoms with Crippen LogP contribution in [0.5, 0.6) is 5.75 Å². The summed E-state index contributed by atoms with van der Waals surface area (Å²) in [5.74, 6) is 0.308. The zero-order valence-corrected chi connectivity index (χ0v) is 15.9. The van der Waals surface area contributed by atoms with E-state index in [1.54, 1.807) is 12.1 Å². The van der Waals surface area contributed by atoms with E-state index in [-0.39, 0.29) is 0 Å². The maximum absolute atomic E-state index is 9.51. The average molecular weight is 348 g/mol. The van der Waals surface area contributed by atoms with Gasteiger partial charge in [0.15, 0.2) is 0 Å². The SMILES string of the molecule is CCCCCc1ccc(CCn2c(C)ccc2-c2ccc(O)cc2)cc1. The Morgan fingerprint density at radius 1 is 0.769 bits per heavy atom. The molecule has 2 aromatic carbocycles. The Balaban J connectivity index is 1.66. The lowest BCUT2D eigenvalue weighted by Gasteiger charge is -2.12. The number of benzene rings is 2. The van der Waals surface area contributed by atoms with Crippen LogP contribution in [0.25, 0.3) is 11.3 Å². The quantitative estimate of drug-likeness (QED) is 0.486. The second kappa shape index (κ2) is 8.75. The van der Waals surface area contributed by atoms with Gasteiger partial charge in [0.05, 0.1) is 0 Å². The molecular weight excluding hydrogens is 318 g/mol. The highest BCUT2D eigenvalue weighted by Crippen LogP contribution is 2.25. The van der Waals surface area contributed by atoms with Crippen LogP contribution in [0.2, 0.25) is 0 Å². The van der Waals surface area contributed by atoms with Crippen molar-refractivity contribution >= 4 is 0 Å². The molecule has 0 fully saturated rings. The lowest BCUT2D eigenvalue weighted by atomic mass is 10.0. The van der Waals surface area contributed by atoms with Crippen molar-refractivity contribution in [1.82, 2.24) is 4.57 Å². The van der Waals surface area contributed by atoms with Crippen LogP contribution in [-0.2, 0) is 19.4 Å². The van der Waals surface area contributed by atoms with E-state index >= 15 is 0 Å². The first-order chi connectivity index (χ1) is 12.7. The van der Waals surface area contributed by atoms with E-state index < -0.39 is 0 Å². The van der Waals surface area contributed by atoms with Crippen LogP contribution in [0.15, 0.2) is 60.7 Å². The summed E-state index contributed by atoms with van der Waals surface area (Å²) in [4.78, 5) is 0. The molecular formula is C24H29NO. The van der Waals surface area contributed by atoms with E-state index in [2.05, 4.69) is 54.8 Å². The first-order valence-corrected chi connectivity index (χ1v) is 9.70. The van der Waals surface area contributed by atoms with Crippen molar-refractivity contribution in [3.8, 4) is 17.0 Å². The molecule has 2 heteroatoms. The molecule has 0 radical (unpaired) electrons. The van der Waals surface area contributed by atoms with Gasteiger partial charge in [0, 0.05) is 17.9 Å². The van der Waals surface area contributed by atoms with Crippen LogP contribution in [0.4, 0.5) is 0 Å². The van der Waals surface area contributed by atoms with Crippen molar-refractivity contribution in [1.29, 1.82) is 0 Å². The van der Waals surface area contributed by atoms with Gasteiger partial charge in [-0.3, -0.25) is 0 Å². The first-order valence-electron chi connectivity index (χ1n) is 9.70. The highest BCUT2D eigenvalue weighted by Gasteiger charge is 2.08. The van der Waals surface area contributed by atoms with Gasteiger partial charge in [0.1, 0.15) is 5.75 Å². The molecule has 0 unspecified atom stereocenters. The standard InChI is InChI=1S/C24H29NO/c1-3-4-5-6-20-8-10-21(11-9-20)17-18-25-19(2)7-16-24(25)22-12-14-23(26)15-13-22/h7-16,26H,3-6,17-18H2,1-2H3. The topological polar surface area (TPSA) is 25.2 Å². The molecule has 3 rings (SSSR count). The number of aromatic nitrogens is 1. The van der Waals surface area contributed by atoms with E-state index in [1.807, 2.05) is 12.1 Å². The molecule has 136 valence electrons. The molecule has 0 bridgehead atoms. The summed E-state index contributed by atoms with van der Waals surface area (Å²) in [6.45, 7) is 5.36. The molecule has 0 saturated heterocycles. The fourth-order valence-electron chi connectivity index (χ4n) is 3.44. The van der Waals surface area contributed by atoms with Crippen molar-refractivity contribution in [2.45, 2.75) is 52.5 Å². The fourth-order valence-corrected chi connectivity index (χ4v) is 3.44. The molecule has 3 aromatic rings. The van der Waals surface area contributed by atoms with E-state index in [4.69, 9.17) is 0 Å². The monoisotopic (exact) mass is 347 g/mol. The maximum Gasteiger partial charge on any atom is 0.115 e. The predicted molar refractivity (Wildman–Crippen MR) is 110 cm³/mol. The highest BCUT2D eigenvalue weighted by molar-refractivity contribution is 5.61. The van der Waals surface area contributed by atoms with Gasteiger partial charge in [0.2, 0.25) is 0 Å². The van der Waals surface area contributed by atoms with Crippen LogP contribution in [0.1, 0.15) is 43.0 Å². The van der Waals surface area contributed by atoms with Gasteiger partial charge in [-0.25, -0.2) is 0 Å². The predicted octanol–water partition coefficient (Wildman–Crippen LogP) is 6.14. The third-order valence-corrected chi connectivity index (χ3v) is 5.08. The highest BCUT2D eigenvalue weighted by atomic mass is 16.3. The van der Waals surface area contributed by atoms with Crippen molar-refractivity contribution in [2.24, 2.45) is 0 Å². The van der Waals surface area contributed by atoms with Crippen LogP contribution >= 0.6 is 0 Å². The van der Waals surface area contributed by atoms with Crippen LogP contribution in [0, 0.1) is 6.92 Å². The number of aryl methyl sites for hydroxylation is 3. The lowest BCUT2D eigenvalue weighted by molar-refractivity contribution is 0.475. The van der Waals surface area contributed by atoms with Gasteiger partial charge in [-0.1, -0.05) is 44.0 Å². The van der Waals surface area contributed by atoms with E-state index in [0.717, 1.165) is 18.5 Å². The normalized spacial score (nSPS) is 11.0. The Morgan fingerprint density at radius 3 is 2.08 bits per heavy atom. The third kappa shape index (κ3) is 4.57. The summed E-state index contributed by atoms with van der Waals surface area (Å²) < 4.78 is 2.36. The Hall–Kier alpha value is -2.48. The van der Waals surface area contributed by atoms with Crippen molar-refractivity contribution in [2.75, 3.05) is 0 Å². The first kappa shape index (κ1) is 18.3. The number of aromatic hydroxyl groups is 1. The minimum absolute atomic E-state index is 0.308. The Kier molecular flexibility index (Phi) is 6.17. The number of phenolic OH excluding ortho intramolecular Hbond substituents is 1. The maximum atomic E-state index is 9.51. The Bertz CT molecular complexity index is 812. The van der Waals surface area contributed by atoms with Gasteiger partial charge < -0.3 is 9.67 Å². The average Bonchev–Trinajstić information content (AvgIpc) is 3.02. The van der Waals surface area contributed by atoms with Crippen molar-refractivity contribution < 1.29 is 5.11 Å². The van der Waals surface area contributed by atoms with Gasteiger partial charge in [-0.05, 0) is 79.3 Å². The molecule has 0 amide bonds. The smallest absolute Gasteiger partial charge is 0.115 e. The number of phenols is 1. The lowest BCUT2D eigenvalue weighted by Crippen LogP contribution is -2.05. The zero-order chi connectivity index (χ0) is 18.4. The molecule has 0 spiro atoms. The largest absolute Gasteiger partial charge is 0.508 e. The minimum atomic E-state index is 0.308. The van der Waals surface area contributed by atoms with Crippen LogP contribution < -0.4 is 0 Å². The van der Waals surface area contributed by atoms with Gasteiger partial charge >= 0.3 is 0 Å². The summed E-state index contributed by atoms with van der Waals surface area (Å²) in [6.07, 6.45) is 6.09. The zero-order valence-electron chi connectivity index (χ0n) is 15.9. The molecule has 0 aliphatic carbocycles. The Labute approximate surface area is 157 Å². The van der Waals surface area contributed by atoms with Crippen LogP contribution in [0.3, 0.4) is 0 Å². The van der Waals surface area contributed by atoms with E-state index in [9.17, 15) is 5.11 Å².